The summed E-state index contributed by atoms with van der Waals surface area (Å²) < 4.78 is 16.3. The van der Waals surface area contributed by atoms with Crippen LogP contribution in [-0.2, 0) is 9.59 Å². The Bertz CT molecular complexity index is 842. The van der Waals surface area contributed by atoms with E-state index in [0.29, 0.717) is 27.9 Å². The van der Waals surface area contributed by atoms with Gasteiger partial charge in [-0.1, -0.05) is 11.3 Å². The number of rotatable bonds is 6. The summed E-state index contributed by atoms with van der Waals surface area (Å²) in [6.45, 7) is 0. The molecule has 1 N–H and O–H groups in total. The molecular formula is C17H20N4O5S. The summed E-state index contributed by atoms with van der Waals surface area (Å²) >= 11 is 1.21. The van der Waals surface area contributed by atoms with Gasteiger partial charge in [0.05, 0.1) is 33.3 Å². The molecule has 0 unspecified atom stereocenters. The van der Waals surface area contributed by atoms with Crippen molar-refractivity contribution in [3.63, 3.8) is 0 Å². The first kappa shape index (κ1) is 18.9. The Balaban J connectivity index is 2.01. The third-order valence-electron chi connectivity index (χ3n) is 4.57. The third-order valence-corrected chi connectivity index (χ3v) is 5.17. The lowest BCUT2D eigenvalue weighted by Gasteiger charge is -2.27. The zero-order valence-corrected chi connectivity index (χ0v) is 16.2. The quantitative estimate of drug-likeness (QED) is 0.798. The summed E-state index contributed by atoms with van der Waals surface area (Å²) in [5.41, 5.74) is 2.19. The molecule has 1 aliphatic heterocycles. The highest BCUT2D eigenvalue weighted by Gasteiger charge is 2.44. The summed E-state index contributed by atoms with van der Waals surface area (Å²) in [6.07, 6.45) is 0.0866. The molecule has 2 amide bonds. The van der Waals surface area contributed by atoms with Gasteiger partial charge >= 0.3 is 0 Å². The summed E-state index contributed by atoms with van der Waals surface area (Å²) in [7, 11) is 6.21. The maximum Gasteiger partial charge on any atom is 0.232 e. The Morgan fingerprint density at radius 1 is 1.22 bits per heavy atom. The fourth-order valence-corrected chi connectivity index (χ4v) is 3.76. The number of amides is 2. The molecule has 0 saturated carbocycles. The van der Waals surface area contributed by atoms with Gasteiger partial charge in [0, 0.05) is 19.0 Å². The molecule has 10 heteroatoms. The maximum atomic E-state index is 12.8. The van der Waals surface area contributed by atoms with Crippen LogP contribution in [0, 0.1) is 5.92 Å². The largest absolute Gasteiger partial charge is 0.493 e. The second-order valence-corrected chi connectivity index (χ2v) is 6.75. The van der Waals surface area contributed by atoms with Crippen LogP contribution < -0.4 is 19.5 Å². The van der Waals surface area contributed by atoms with Gasteiger partial charge in [-0.2, -0.15) is 0 Å². The molecule has 1 aliphatic rings. The SMILES string of the molecule is COc1ccc([C@H]2[C@@H](C(=O)Nc3nncs3)CC(=O)N2C)c(OC)c1OC. The fraction of sp³-hybridized carbons (Fsp3) is 0.412. The minimum Gasteiger partial charge on any atom is -0.493 e. The average molecular weight is 392 g/mol. The smallest absolute Gasteiger partial charge is 0.232 e. The summed E-state index contributed by atoms with van der Waals surface area (Å²) in [5.74, 6) is 0.296. The van der Waals surface area contributed by atoms with E-state index in [0.717, 1.165) is 0 Å². The maximum absolute atomic E-state index is 12.8. The van der Waals surface area contributed by atoms with Crippen molar-refractivity contribution in [3.05, 3.63) is 23.2 Å². The Hall–Kier alpha value is -2.88. The molecule has 1 aromatic carbocycles. The molecule has 0 radical (unpaired) electrons. The number of likely N-dealkylation sites (tertiary alicyclic amines) is 1. The van der Waals surface area contributed by atoms with Gasteiger partial charge in [0.2, 0.25) is 22.7 Å². The van der Waals surface area contributed by atoms with Crippen LogP contribution in [0.15, 0.2) is 17.6 Å². The number of nitrogens with one attached hydrogen (secondary N) is 1. The topological polar surface area (TPSA) is 103 Å². The highest BCUT2D eigenvalue weighted by molar-refractivity contribution is 7.13. The fourth-order valence-electron chi connectivity index (χ4n) is 3.31. The van der Waals surface area contributed by atoms with E-state index in [1.807, 2.05) is 0 Å². The number of anilines is 1. The monoisotopic (exact) mass is 392 g/mol. The molecule has 2 atom stereocenters. The Kier molecular flexibility index (Phi) is 5.45. The lowest BCUT2D eigenvalue weighted by atomic mass is 9.92. The zero-order valence-electron chi connectivity index (χ0n) is 15.4. The van der Waals surface area contributed by atoms with Crippen LogP contribution >= 0.6 is 11.3 Å². The first-order valence-corrected chi connectivity index (χ1v) is 9.01. The average Bonchev–Trinajstić information content (AvgIpc) is 3.28. The standard InChI is InChI=1S/C17H20N4O5S/c1-21-12(22)7-10(16(23)19-17-20-18-8-27-17)13(21)9-5-6-11(24-2)15(26-4)14(9)25-3/h5-6,8,10,13H,7H2,1-4H3,(H,19,20,23)/t10-,13-/m0/s1. The first-order valence-electron chi connectivity index (χ1n) is 8.13. The number of hydrogen-bond acceptors (Lipinski definition) is 8. The lowest BCUT2D eigenvalue weighted by molar-refractivity contribution is -0.128. The molecule has 0 aliphatic carbocycles. The molecule has 0 bridgehead atoms. The van der Waals surface area contributed by atoms with Crippen molar-refractivity contribution < 1.29 is 23.8 Å². The normalized spacial score (nSPS) is 19.1. The van der Waals surface area contributed by atoms with Crippen LogP contribution in [0.5, 0.6) is 17.2 Å². The molecule has 3 rings (SSSR count). The van der Waals surface area contributed by atoms with Crippen LogP contribution in [0.1, 0.15) is 18.0 Å². The van der Waals surface area contributed by atoms with E-state index >= 15 is 0 Å². The second-order valence-electron chi connectivity index (χ2n) is 5.92. The lowest BCUT2D eigenvalue weighted by Crippen LogP contribution is -2.30. The summed E-state index contributed by atoms with van der Waals surface area (Å²) in [5, 5.41) is 10.6. The minimum absolute atomic E-state index is 0.0866. The van der Waals surface area contributed by atoms with Gasteiger partial charge in [-0.05, 0) is 12.1 Å². The Morgan fingerprint density at radius 2 is 1.96 bits per heavy atom. The second kappa shape index (κ2) is 7.78. The predicted octanol–water partition coefficient (Wildman–Crippen LogP) is 1.72. The summed E-state index contributed by atoms with van der Waals surface area (Å²) in [4.78, 5) is 26.7. The number of nitrogens with zero attached hydrogens (tertiary/aromatic N) is 3. The number of ether oxygens (including phenoxy) is 3. The van der Waals surface area contributed by atoms with Gasteiger partial charge in [-0.25, -0.2) is 0 Å². The van der Waals surface area contributed by atoms with Crippen molar-refractivity contribution >= 4 is 28.3 Å². The third kappa shape index (κ3) is 3.39. The van der Waals surface area contributed by atoms with Crippen molar-refractivity contribution in [2.45, 2.75) is 12.5 Å². The van der Waals surface area contributed by atoms with Crippen molar-refractivity contribution in [1.29, 1.82) is 0 Å². The highest BCUT2D eigenvalue weighted by Crippen LogP contribution is 2.47. The Labute approximate surface area is 160 Å². The van der Waals surface area contributed by atoms with Gasteiger partial charge in [0.15, 0.2) is 11.5 Å². The van der Waals surface area contributed by atoms with Crippen molar-refractivity contribution in [3.8, 4) is 17.2 Å². The molecule has 27 heavy (non-hydrogen) atoms. The molecule has 1 aromatic heterocycles. The minimum atomic E-state index is -0.613. The van der Waals surface area contributed by atoms with Crippen molar-refractivity contribution in [1.82, 2.24) is 15.1 Å². The van der Waals surface area contributed by atoms with Crippen LogP contribution in [0.3, 0.4) is 0 Å². The highest BCUT2D eigenvalue weighted by atomic mass is 32.1. The van der Waals surface area contributed by atoms with Crippen LogP contribution in [-0.4, -0.2) is 55.3 Å². The van der Waals surface area contributed by atoms with Gasteiger partial charge in [0.1, 0.15) is 5.51 Å². The van der Waals surface area contributed by atoms with E-state index in [4.69, 9.17) is 14.2 Å². The molecule has 0 spiro atoms. The van der Waals surface area contributed by atoms with Crippen LogP contribution in [0.4, 0.5) is 5.13 Å². The number of carbonyl (C=O) groups is 2. The van der Waals surface area contributed by atoms with Gasteiger partial charge in [0.25, 0.3) is 0 Å². The molecular weight excluding hydrogens is 372 g/mol. The molecule has 2 heterocycles. The van der Waals surface area contributed by atoms with E-state index < -0.39 is 12.0 Å². The van der Waals surface area contributed by atoms with E-state index in [1.54, 1.807) is 24.1 Å². The summed E-state index contributed by atoms with van der Waals surface area (Å²) in [6, 6.07) is 3.00. The number of methoxy groups -OCH3 is 3. The van der Waals surface area contributed by atoms with Gasteiger partial charge in [-0.15, -0.1) is 10.2 Å². The molecule has 2 aromatic rings. The van der Waals surface area contributed by atoms with Gasteiger partial charge < -0.3 is 24.4 Å². The van der Waals surface area contributed by atoms with Crippen LogP contribution in [0.25, 0.3) is 0 Å². The molecule has 1 saturated heterocycles. The van der Waals surface area contributed by atoms with Crippen LogP contribution in [0.2, 0.25) is 0 Å². The molecule has 9 nitrogen and oxygen atoms in total. The number of aromatic nitrogens is 2. The molecule has 1 fully saturated rings. The van der Waals surface area contributed by atoms with E-state index in [9.17, 15) is 9.59 Å². The first-order chi connectivity index (χ1) is 13.0. The number of benzene rings is 1. The van der Waals surface area contributed by atoms with Crippen molar-refractivity contribution in [2.75, 3.05) is 33.7 Å². The van der Waals surface area contributed by atoms with Crippen molar-refractivity contribution in [2.24, 2.45) is 5.92 Å². The Morgan fingerprint density at radius 3 is 2.56 bits per heavy atom. The van der Waals surface area contributed by atoms with E-state index in [1.165, 1.54) is 38.2 Å². The zero-order chi connectivity index (χ0) is 19.6. The molecule has 144 valence electrons. The van der Waals surface area contributed by atoms with E-state index in [-0.39, 0.29) is 18.2 Å². The van der Waals surface area contributed by atoms with Gasteiger partial charge in [-0.3, -0.25) is 9.59 Å². The van der Waals surface area contributed by atoms with E-state index in [2.05, 4.69) is 15.5 Å². The number of hydrogen-bond donors (Lipinski definition) is 1. The predicted molar refractivity (Wildman–Crippen MR) is 98.3 cm³/mol. The number of carbonyl (C=O) groups excluding carboxylic acids is 2.